The number of hydrogen-bond donors (Lipinski definition) is 2. The Balaban J connectivity index is 2.27. The first-order valence-corrected chi connectivity index (χ1v) is 5.28. The fourth-order valence-electron chi connectivity index (χ4n) is 1.75. The summed E-state index contributed by atoms with van der Waals surface area (Å²) in [5, 5.41) is 18.8. The van der Waals surface area contributed by atoms with Crippen LogP contribution in [-0.2, 0) is 0 Å². The summed E-state index contributed by atoms with van der Waals surface area (Å²) in [6, 6.07) is 0. The summed E-state index contributed by atoms with van der Waals surface area (Å²) < 4.78 is 0. The highest BCUT2D eigenvalue weighted by Gasteiger charge is 2.13. The molecule has 1 rings (SSSR count). The standard InChI is InChI=1S/C11H20O2/c1-2-10(12)11(13)8-7-9-5-3-4-6-9/h7,10-13H,2-6,8H2,1H3. The van der Waals surface area contributed by atoms with Crippen LogP contribution in [0.5, 0.6) is 0 Å². The Labute approximate surface area is 80.3 Å². The second kappa shape index (κ2) is 5.40. The van der Waals surface area contributed by atoms with E-state index in [1.54, 1.807) is 0 Å². The van der Waals surface area contributed by atoms with E-state index in [0.717, 1.165) is 0 Å². The molecule has 2 unspecified atom stereocenters. The van der Waals surface area contributed by atoms with Gasteiger partial charge >= 0.3 is 0 Å². The second-order valence-corrected chi connectivity index (χ2v) is 3.85. The average Bonchev–Trinajstić information content (AvgIpc) is 2.65. The van der Waals surface area contributed by atoms with Gasteiger partial charge < -0.3 is 10.2 Å². The lowest BCUT2D eigenvalue weighted by atomic mass is 10.1. The highest BCUT2D eigenvalue weighted by atomic mass is 16.3. The Morgan fingerprint density at radius 2 is 1.85 bits per heavy atom. The van der Waals surface area contributed by atoms with Crippen molar-refractivity contribution in [3.05, 3.63) is 11.6 Å². The maximum Gasteiger partial charge on any atom is 0.0833 e. The van der Waals surface area contributed by atoms with Gasteiger partial charge in [-0.1, -0.05) is 18.6 Å². The van der Waals surface area contributed by atoms with Crippen molar-refractivity contribution in [2.45, 2.75) is 57.7 Å². The van der Waals surface area contributed by atoms with Crippen LogP contribution in [-0.4, -0.2) is 22.4 Å². The van der Waals surface area contributed by atoms with Crippen molar-refractivity contribution in [3.63, 3.8) is 0 Å². The highest BCUT2D eigenvalue weighted by Crippen LogP contribution is 2.24. The van der Waals surface area contributed by atoms with Crippen molar-refractivity contribution in [1.82, 2.24) is 0 Å². The molecular weight excluding hydrogens is 164 g/mol. The molecule has 1 aliphatic carbocycles. The summed E-state index contributed by atoms with van der Waals surface area (Å²) in [5.74, 6) is 0. The number of rotatable bonds is 4. The highest BCUT2D eigenvalue weighted by molar-refractivity contribution is 5.06. The monoisotopic (exact) mass is 184 g/mol. The summed E-state index contributed by atoms with van der Waals surface area (Å²) in [6.07, 6.45) is 7.18. The molecule has 13 heavy (non-hydrogen) atoms. The molecule has 0 heterocycles. The van der Waals surface area contributed by atoms with Crippen molar-refractivity contribution < 1.29 is 10.2 Å². The van der Waals surface area contributed by atoms with Crippen LogP contribution < -0.4 is 0 Å². The molecule has 1 fully saturated rings. The molecule has 0 aromatic rings. The van der Waals surface area contributed by atoms with Gasteiger partial charge in [0.1, 0.15) is 0 Å². The van der Waals surface area contributed by atoms with Crippen LogP contribution in [0, 0.1) is 0 Å². The lowest BCUT2D eigenvalue weighted by Crippen LogP contribution is -2.24. The third kappa shape index (κ3) is 3.49. The van der Waals surface area contributed by atoms with Gasteiger partial charge in [-0.2, -0.15) is 0 Å². The van der Waals surface area contributed by atoms with Crippen molar-refractivity contribution in [2.24, 2.45) is 0 Å². The van der Waals surface area contributed by atoms with Gasteiger partial charge in [0.05, 0.1) is 12.2 Å². The van der Waals surface area contributed by atoms with Gasteiger partial charge in [0.25, 0.3) is 0 Å². The third-order valence-electron chi connectivity index (χ3n) is 2.76. The SMILES string of the molecule is CCC(O)C(O)CC=C1CCCC1. The molecule has 0 aromatic heterocycles. The van der Waals surface area contributed by atoms with Crippen molar-refractivity contribution in [3.8, 4) is 0 Å². The summed E-state index contributed by atoms with van der Waals surface area (Å²) in [6.45, 7) is 1.89. The molecule has 2 atom stereocenters. The first-order valence-electron chi connectivity index (χ1n) is 5.28. The minimum absolute atomic E-state index is 0.557. The largest absolute Gasteiger partial charge is 0.390 e. The molecular formula is C11H20O2. The van der Waals surface area contributed by atoms with E-state index in [0.29, 0.717) is 12.8 Å². The Kier molecular flexibility index (Phi) is 4.46. The minimum Gasteiger partial charge on any atom is -0.390 e. The van der Waals surface area contributed by atoms with Gasteiger partial charge in [0.15, 0.2) is 0 Å². The van der Waals surface area contributed by atoms with Crippen LogP contribution in [0.25, 0.3) is 0 Å². The molecule has 2 heteroatoms. The molecule has 0 amide bonds. The van der Waals surface area contributed by atoms with E-state index in [2.05, 4.69) is 6.08 Å². The number of aliphatic hydroxyl groups is 2. The fourth-order valence-corrected chi connectivity index (χ4v) is 1.75. The lowest BCUT2D eigenvalue weighted by molar-refractivity contribution is 0.0196. The van der Waals surface area contributed by atoms with E-state index in [-0.39, 0.29) is 0 Å². The van der Waals surface area contributed by atoms with E-state index in [1.165, 1.54) is 31.3 Å². The summed E-state index contributed by atoms with van der Waals surface area (Å²) in [5.41, 5.74) is 1.46. The molecule has 0 aromatic carbocycles. The molecule has 76 valence electrons. The molecule has 0 spiro atoms. The molecule has 0 radical (unpaired) electrons. The van der Waals surface area contributed by atoms with Gasteiger partial charge in [-0.15, -0.1) is 0 Å². The lowest BCUT2D eigenvalue weighted by Gasteiger charge is -2.14. The maximum atomic E-state index is 9.48. The molecule has 0 bridgehead atoms. The van der Waals surface area contributed by atoms with Gasteiger partial charge in [0, 0.05) is 0 Å². The quantitative estimate of drug-likeness (QED) is 0.656. The molecule has 0 aliphatic heterocycles. The predicted octanol–water partition coefficient (Wildman–Crippen LogP) is 2.01. The number of hydrogen-bond acceptors (Lipinski definition) is 2. The Hall–Kier alpha value is -0.340. The average molecular weight is 184 g/mol. The zero-order chi connectivity index (χ0) is 9.68. The van der Waals surface area contributed by atoms with E-state index >= 15 is 0 Å². The molecule has 1 saturated carbocycles. The van der Waals surface area contributed by atoms with Crippen LogP contribution in [0.3, 0.4) is 0 Å². The third-order valence-corrected chi connectivity index (χ3v) is 2.76. The number of aliphatic hydroxyl groups excluding tert-OH is 2. The van der Waals surface area contributed by atoms with E-state index in [1.807, 2.05) is 6.92 Å². The topological polar surface area (TPSA) is 40.5 Å². The summed E-state index contributed by atoms with van der Waals surface area (Å²) in [7, 11) is 0. The second-order valence-electron chi connectivity index (χ2n) is 3.85. The summed E-state index contributed by atoms with van der Waals surface area (Å²) >= 11 is 0. The van der Waals surface area contributed by atoms with Crippen molar-refractivity contribution >= 4 is 0 Å². The first-order chi connectivity index (χ1) is 6.24. The van der Waals surface area contributed by atoms with E-state index in [9.17, 15) is 10.2 Å². The minimum atomic E-state index is -0.571. The molecule has 1 aliphatic rings. The van der Waals surface area contributed by atoms with Crippen molar-refractivity contribution in [1.29, 1.82) is 0 Å². The fraction of sp³-hybridized carbons (Fsp3) is 0.818. The molecule has 0 saturated heterocycles. The van der Waals surface area contributed by atoms with E-state index in [4.69, 9.17) is 0 Å². The van der Waals surface area contributed by atoms with Crippen LogP contribution in [0.2, 0.25) is 0 Å². The zero-order valence-electron chi connectivity index (χ0n) is 8.37. The smallest absolute Gasteiger partial charge is 0.0833 e. The maximum absolute atomic E-state index is 9.48. The van der Waals surface area contributed by atoms with Crippen LogP contribution in [0.1, 0.15) is 45.4 Å². The van der Waals surface area contributed by atoms with Crippen LogP contribution in [0.15, 0.2) is 11.6 Å². The van der Waals surface area contributed by atoms with E-state index < -0.39 is 12.2 Å². The van der Waals surface area contributed by atoms with Crippen molar-refractivity contribution in [2.75, 3.05) is 0 Å². The Morgan fingerprint density at radius 1 is 1.23 bits per heavy atom. The zero-order valence-corrected chi connectivity index (χ0v) is 8.37. The normalized spacial score (nSPS) is 21.6. The molecule has 2 nitrogen and oxygen atoms in total. The van der Waals surface area contributed by atoms with Gasteiger partial charge in [0.2, 0.25) is 0 Å². The van der Waals surface area contributed by atoms with Crippen LogP contribution in [0.4, 0.5) is 0 Å². The first kappa shape index (κ1) is 10.7. The van der Waals surface area contributed by atoms with Gasteiger partial charge in [-0.05, 0) is 38.5 Å². The number of allylic oxidation sites excluding steroid dienone is 1. The van der Waals surface area contributed by atoms with Gasteiger partial charge in [-0.3, -0.25) is 0 Å². The molecule has 2 N–H and O–H groups in total. The Bertz CT molecular complexity index is 167. The summed E-state index contributed by atoms with van der Waals surface area (Å²) in [4.78, 5) is 0. The van der Waals surface area contributed by atoms with Gasteiger partial charge in [-0.25, -0.2) is 0 Å². The van der Waals surface area contributed by atoms with Crippen LogP contribution >= 0.6 is 0 Å². The Morgan fingerprint density at radius 3 is 2.38 bits per heavy atom. The predicted molar refractivity (Wildman–Crippen MR) is 53.5 cm³/mol.